The lowest BCUT2D eigenvalue weighted by Gasteiger charge is -2.04. The van der Waals surface area contributed by atoms with Gasteiger partial charge in [-0.25, -0.2) is 12.6 Å². The molecule has 0 fully saturated rings. The summed E-state index contributed by atoms with van der Waals surface area (Å²) in [4.78, 5) is 0.374. The summed E-state index contributed by atoms with van der Waals surface area (Å²) >= 11 is 0. The molecule has 0 aromatic heterocycles. The van der Waals surface area contributed by atoms with Gasteiger partial charge in [0.05, 0.1) is 22.2 Å². The van der Waals surface area contributed by atoms with Crippen molar-refractivity contribution in [1.29, 1.82) is 0 Å². The van der Waals surface area contributed by atoms with E-state index in [9.17, 15) is 17.0 Å². The molecule has 102 valence electrons. The first kappa shape index (κ1) is 15.1. The molecule has 0 spiro atoms. The Morgan fingerprint density at radius 2 is 1.72 bits per heavy atom. The molecule has 1 aromatic rings. The van der Waals surface area contributed by atoms with Crippen LogP contribution in [0.15, 0.2) is 39.0 Å². The lowest BCUT2D eigenvalue weighted by Crippen LogP contribution is -2.08. The van der Waals surface area contributed by atoms with Gasteiger partial charge < -0.3 is 0 Å². The molecule has 0 saturated carbocycles. The minimum absolute atomic E-state index is 0.172. The molecule has 1 unspecified atom stereocenters. The highest BCUT2D eigenvalue weighted by Gasteiger charge is 2.14. The number of hydrogen-bond acceptors (Lipinski definition) is 3. The van der Waals surface area contributed by atoms with Crippen molar-refractivity contribution < 1.29 is 17.0 Å². The Bertz CT molecular complexity index is 590. The largest absolute Gasteiger partial charge is 0.261 e. The van der Waals surface area contributed by atoms with Gasteiger partial charge in [-0.3, -0.25) is 4.39 Å². The number of unbranched alkanes of at least 4 members (excludes halogenated alkanes) is 1. The minimum Gasteiger partial charge on any atom is -0.251 e. The second-order valence-corrected chi connectivity index (χ2v) is 8.12. The monoisotopic (exact) mass is 293 g/mol. The molecule has 0 aliphatic carbocycles. The molecule has 1 atom stereocenters. The van der Waals surface area contributed by atoms with E-state index < -0.39 is 26.4 Å². The van der Waals surface area contributed by atoms with Crippen LogP contribution in [0, 0.1) is 0 Å². The van der Waals surface area contributed by atoms with Crippen LogP contribution in [0.2, 0.25) is 0 Å². The first-order chi connectivity index (χ1) is 8.37. The van der Waals surface area contributed by atoms with E-state index in [1.54, 1.807) is 30.3 Å². The molecule has 0 N–H and O–H groups in total. The molecule has 0 heterocycles. The summed E-state index contributed by atoms with van der Waals surface area (Å²) in [6.45, 7) is -0.560. The van der Waals surface area contributed by atoms with E-state index in [4.69, 9.17) is 0 Å². The Labute approximate surface area is 107 Å². The van der Waals surface area contributed by atoms with Gasteiger partial charge in [0.2, 0.25) is 0 Å². The van der Waals surface area contributed by atoms with Crippen molar-refractivity contribution >= 4 is 19.8 Å². The summed E-state index contributed by atoms with van der Waals surface area (Å²) in [7, 11) is -6.74. The smallest absolute Gasteiger partial charge is 0.251 e. The zero-order chi connectivity index (χ0) is 13.6. The van der Waals surface area contributed by atoms with Crippen LogP contribution in [0.25, 0.3) is 0 Å². The van der Waals surface area contributed by atoms with Gasteiger partial charge in [0.25, 0.3) is 10.0 Å². The van der Waals surface area contributed by atoms with E-state index in [2.05, 4.69) is 3.77 Å². The third-order valence-electron chi connectivity index (χ3n) is 2.22. The predicted molar refractivity (Wildman–Crippen MR) is 70.2 cm³/mol. The molecular formula is C11H16FNO3S2. The van der Waals surface area contributed by atoms with Crippen LogP contribution in [0.5, 0.6) is 0 Å². The highest BCUT2D eigenvalue weighted by atomic mass is 32.3. The first-order valence-electron chi connectivity index (χ1n) is 5.44. The summed E-state index contributed by atoms with van der Waals surface area (Å²) in [5, 5.41) is 0. The Kier molecular flexibility index (Phi) is 5.28. The highest BCUT2D eigenvalue weighted by Crippen LogP contribution is 2.13. The fourth-order valence-corrected chi connectivity index (χ4v) is 4.96. The molecule has 1 aromatic carbocycles. The summed E-state index contributed by atoms with van der Waals surface area (Å²) in [6.07, 6.45) is 1.65. The summed E-state index contributed by atoms with van der Waals surface area (Å²) in [5.41, 5.74) is 0. The number of sulfonamides is 1. The van der Waals surface area contributed by atoms with Crippen molar-refractivity contribution in [3.63, 3.8) is 0 Å². The van der Waals surface area contributed by atoms with Crippen LogP contribution >= 0.6 is 0 Å². The number of alkyl halides is 1. The Morgan fingerprint density at radius 1 is 1.11 bits per heavy atom. The first-order valence-corrected chi connectivity index (χ1v) is 8.98. The molecule has 0 amide bonds. The molecule has 0 bridgehead atoms. The van der Waals surface area contributed by atoms with Crippen molar-refractivity contribution in [3.05, 3.63) is 30.3 Å². The SMILES string of the molecule is CS(=O)(=NS(=O)(=O)CCCCF)c1ccccc1. The maximum Gasteiger partial charge on any atom is 0.261 e. The minimum atomic E-state index is -3.78. The van der Waals surface area contributed by atoms with Gasteiger partial charge in [-0.2, -0.15) is 0 Å². The van der Waals surface area contributed by atoms with Crippen molar-refractivity contribution in [2.45, 2.75) is 17.7 Å². The maximum atomic E-state index is 12.2. The van der Waals surface area contributed by atoms with Crippen molar-refractivity contribution in [2.24, 2.45) is 3.77 Å². The van der Waals surface area contributed by atoms with E-state index >= 15 is 0 Å². The van der Waals surface area contributed by atoms with Gasteiger partial charge in [-0.05, 0) is 25.0 Å². The van der Waals surface area contributed by atoms with E-state index in [1.807, 2.05) is 0 Å². The fraction of sp³-hybridized carbons (Fsp3) is 0.455. The van der Waals surface area contributed by atoms with Crippen LogP contribution in [-0.4, -0.2) is 31.3 Å². The zero-order valence-corrected chi connectivity index (χ0v) is 11.7. The van der Waals surface area contributed by atoms with Gasteiger partial charge in [0.15, 0.2) is 0 Å². The topological polar surface area (TPSA) is 63.6 Å². The van der Waals surface area contributed by atoms with Crippen LogP contribution in [-0.2, 0) is 19.8 Å². The molecule has 0 aliphatic heterocycles. The van der Waals surface area contributed by atoms with E-state index in [0.717, 1.165) is 0 Å². The fourth-order valence-electron chi connectivity index (χ4n) is 1.35. The lowest BCUT2D eigenvalue weighted by atomic mass is 10.4. The molecule has 7 heteroatoms. The third-order valence-corrected chi connectivity index (χ3v) is 6.22. The standard InChI is InChI=1S/C11H16FNO3S2/c1-17(14,11-7-3-2-4-8-11)13-18(15,16)10-6-5-9-12/h2-4,7-8H,5-6,9-10H2,1H3. The van der Waals surface area contributed by atoms with Crippen molar-refractivity contribution in [3.8, 4) is 0 Å². The quantitative estimate of drug-likeness (QED) is 0.755. The van der Waals surface area contributed by atoms with Gasteiger partial charge in [-0.15, -0.1) is 3.77 Å². The molecular weight excluding hydrogens is 277 g/mol. The number of benzene rings is 1. The van der Waals surface area contributed by atoms with Gasteiger partial charge in [0, 0.05) is 11.2 Å². The number of rotatable bonds is 6. The average Bonchev–Trinajstić information content (AvgIpc) is 2.29. The van der Waals surface area contributed by atoms with Crippen LogP contribution in [0.3, 0.4) is 0 Å². The average molecular weight is 293 g/mol. The normalized spacial score (nSPS) is 15.0. The molecule has 0 radical (unpaired) electrons. The van der Waals surface area contributed by atoms with Crippen molar-refractivity contribution in [1.82, 2.24) is 0 Å². The molecule has 1 rings (SSSR count). The highest BCUT2D eigenvalue weighted by molar-refractivity contribution is 8.02. The Hall–Kier alpha value is -0.950. The zero-order valence-electron chi connectivity index (χ0n) is 10.1. The third kappa shape index (κ3) is 4.73. The van der Waals surface area contributed by atoms with E-state index in [0.29, 0.717) is 4.90 Å². The second kappa shape index (κ2) is 6.29. The Balaban J connectivity index is 2.98. The number of halogens is 1. The second-order valence-electron chi connectivity index (χ2n) is 3.87. The Morgan fingerprint density at radius 3 is 2.28 bits per heavy atom. The molecule has 18 heavy (non-hydrogen) atoms. The summed E-state index contributed by atoms with van der Waals surface area (Å²) < 4.78 is 50.8. The summed E-state index contributed by atoms with van der Waals surface area (Å²) in [6, 6.07) is 8.23. The molecule has 0 saturated heterocycles. The molecule has 0 aliphatic rings. The predicted octanol–water partition coefficient (Wildman–Crippen LogP) is 2.22. The van der Waals surface area contributed by atoms with Gasteiger partial charge in [0.1, 0.15) is 0 Å². The number of nitrogens with zero attached hydrogens (tertiary/aromatic N) is 1. The van der Waals surface area contributed by atoms with Crippen LogP contribution in [0.1, 0.15) is 12.8 Å². The summed E-state index contributed by atoms with van der Waals surface area (Å²) in [5.74, 6) is -0.269. The van der Waals surface area contributed by atoms with Crippen molar-refractivity contribution in [2.75, 3.05) is 18.7 Å². The van der Waals surface area contributed by atoms with Crippen LogP contribution < -0.4 is 0 Å². The van der Waals surface area contributed by atoms with E-state index in [1.165, 1.54) is 6.26 Å². The van der Waals surface area contributed by atoms with Crippen LogP contribution in [0.4, 0.5) is 4.39 Å². The lowest BCUT2D eigenvalue weighted by molar-refractivity contribution is 0.468. The maximum absolute atomic E-state index is 12.2. The molecule has 4 nitrogen and oxygen atoms in total. The van der Waals surface area contributed by atoms with E-state index in [-0.39, 0.29) is 18.6 Å². The number of hydrogen-bond donors (Lipinski definition) is 0. The van der Waals surface area contributed by atoms with Gasteiger partial charge >= 0.3 is 0 Å². The van der Waals surface area contributed by atoms with Gasteiger partial charge in [-0.1, -0.05) is 18.2 Å².